The van der Waals surface area contributed by atoms with Crippen LogP contribution in [0.4, 0.5) is 5.69 Å². The monoisotopic (exact) mass is 455 g/mol. The van der Waals surface area contributed by atoms with Crippen LogP contribution < -0.4 is 4.90 Å². The van der Waals surface area contributed by atoms with Crippen molar-refractivity contribution in [3.05, 3.63) is 83.9 Å². The quantitative estimate of drug-likeness (QED) is 0.401. The van der Waals surface area contributed by atoms with Crippen molar-refractivity contribution in [3.8, 4) is 5.69 Å². The number of hydrogen-bond acceptors (Lipinski definition) is 6. The van der Waals surface area contributed by atoms with E-state index in [4.69, 9.17) is 11.6 Å². The Balaban J connectivity index is 1.15. The third-order valence-corrected chi connectivity index (χ3v) is 6.43. The van der Waals surface area contributed by atoms with E-state index in [1.807, 2.05) is 59.7 Å². The number of piperazine rings is 1. The fraction of sp³-hybridized carbons (Fsp3) is 0.200. The molecule has 7 nitrogen and oxygen atoms in total. The second-order valence-electron chi connectivity index (χ2n) is 8.26. The highest BCUT2D eigenvalue weighted by atomic mass is 35.5. The summed E-state index contributed by atoms with van der Waals surface area (Å²) in [7, 11) is 0. The molecule has 0 atom stereocenters. The Kier molecular flexibility index (Phi) is 5.13. The fourth-order valence-corrected chi connectivity index (χ4v) is 4.69. The summed E-state index contributed by atoms with van der Waals surface area (Å²) in [6, 6.07) is 18.1. The Morgan fingerprint density at radius 1 is 0.788 bits per heavy atom. The maximum atomic E-state index is 6.15. The molecule has 33 heavy (non-hydrogen) atoms. The molecule has 4 heterocycles. The molecular formula is C25H22ClN7. The molecule has 1 fully saturated rings. The Labute approximate surface area is 196 Å². The molecule has 0 saturated carbocycles. The van der Waals surface area contributed by atoms with Gasteiger partial charge in [0.05, 0.1) is 28.6 Å². The number of hydrogen-bond donors (Lipinski definition) is 0. The van der Waals surface area contributed by atoms with E-state index in [0.29, 0.717) is 5.02 Å². The Morgan fingerprint density at radius 3 is 2.42 bits per heavy atom. The van der Waals surface area contributed by atoms with Crippen LogP contribution in [0.2, 0.25) is 5.02 Å². The van der Waals surface area contributed by atoms with Gasteiger partial charge in [0.1, 0.15) is 0 Å². The highest BCUT2D eigenvalue weighted by molar-refractivity contribution is 6.31. The van der Waals surface area contributed by atoms with E-state index < -0.39 is 0 Å². The number of aromatic nitrogens is 5. The zero-order chi connectivity index (χ0) is 22.2. The van der Waals surface area contributed by atoms with Crippen LogP contribution in [0.25, 0.3) is 27.5 Å². The molecule has 1 saturated heterocycles. The summed E-state index contributed by atoms with van der Waals surface area (Å²) in [6.07, 6.45) is 5.70. The van der Waals surface area contributed by atoms with Gasteiger partial charge < -0.3 is 4.90 Å². The van der Waals surface area contributed by atoms with Crippen LogP contribution in [0, 0.1) is 0 Å². The van der Waals surface area contributed by atoms with Gasteiger partial charge in [-0.15, -0.1) is 5.10 Å². The Morgan fingerprint density at radius 2 is 1.55 bits per heavy atom. The average Bonchev–Trinajstić information content (AvgIpc) is 3.32. The van der Waals surface area contributed by atoms with Gasteiger partial charge in [-0.1, -0.05) is 35.0 Å². The smallest absolute Gasteiger partial charge is 0.0971 e. The van der Waals surface area contributed by atoms with Gasteiger partial charge in [-0.2, -0.15) is 0 Å². The lowest BCUT2D eigenvalue weighted by Crippen LogP contribution is -2.46. The minimum Gasteiger partial charge on any atom is -0.368 e. The predicted molar refractivity (Wildman–Crippen MR) is 131 cm³/mol. The standard InChI is InChI=1S/C25H22ClN7/c26-18-5-6-21-23(15-18)28-9-7-24(21)32-13-11-31(12-14-32)16-19-17-33(30-29-19)25-8-10-27-22-4-2-1-3-20(22)25/h1-10,15,17H,11-14,16H2. The zero-order valence-corrected chi connectivity index (χ0v) is 18.7. The van der Waals surface area contributed by atoms with Gasteiger partial charge in [0.25, 0.3) is 0 Å². The van der Waals surface area contributed by atoms with Gasteiger partial charge >= 0.3 is 0 Å². The summed E-state index contributed by atoms with van der Waals surface area (Å²) in [4.78, 5) is 13.8. The number of halogens is 1. The number of benzene rings is 2. The molecule has 0 spiro atoms. The molecule has 164 valence electrons. The van der Waals surface area contributed by atoms with Crippen LogP contribution in [0.1, 0.15) is 5.69 Å². The van der Waals surface area contributed by atoms with E-state index in [1.165, 1.54) is 5.69 Å². The molecule has 1 aliphatic heterocycles. The van der Waals surface area contributed by atoms with Crippen molar-refractivity contribution >= 4 is 39.1 Å². The van der Waals surface area contributed by atoms with Gasteiger partial charge in [0.2, 0.25) is 0 Å². The van der Waals surface area contributed by atoms with Crippen LogP contribution in [0.15, 0.2) is 73.2 Å². The van der Waals surface area contributed by atoms with E-state index in [9.17, 15) is 0 Å². The number of para-hydroxylation sites is 1. The molecular weight excluding hydrogens is 434 g/mol. The van der Waals surface area contributed by atoms with Gasteiger partial charge in [-0.3, -0.25) is 14.9 Å². The number of nitrogens with zero attached hydrogens (tertiary/aromatic N) is 7. The molecule has 0 N–H and O–H groups in total. The molecule has 5 aromatic rings. The van der Waals surface area contributed by atoms with E-state index in [2.05, 4.69) is 48.3 Å². The molecule has 6 rings (SSSR count). The molecule has 0 radical (unpaired) electrons. The van der Waals surface area contributed by atoms with Gasteiger partial charge in [0.15, 0.2) is 0 Å². The highest BCUT2D eigenvalue weighted by Gasteiger charge is 2.20. The first-order chi connectivity index (χ1) is 16.2. The number of pyridine rings is 2. The third-order valence-electron chi connectivity index (χ3n) is 6.19. The topological polar surface area (TPSA) is 63.0 Å². The summed E-state index contributed by atoms with van der Waals surface area (Å²) in [5, 5.41) is 11.7. The maximum Gasteiger partial charge on any atom is 0.0971 e. The van der Waals surface area contributed by atoms with Crippen molar-refractivity contribution in [1.82, 2.24) is 29.9 Å². The van der Waals surface area contributed by atoms with Gasteiger partial charge in [-0.05, 0) is 36.4 Å². The summed E-state index contributed by atoms with van der Waals surface area (Å²) in [5.41, 5.74) is 5.06. The zero-order valence-electron chi connectivity index (χ0n) is 18.0. The second kappa shape index (κ2) is 8.42. The summed E-state index contributed by atoms with van der Waals surface area (Å²) in [5.74, 6) is 0. The first kappa shape index (κ1) is 20.1. The predicted octanol–water partition coefficient (Wildman–Crippen LogP) is 4.34. The lowest BCUT2D eigenvalue weighted by Gasteiger charge is -2.36. The summed E-state index contributed by atoms with van der Waals surface area (Å²) < 4.78 is 1.85. The first-order valence-corrected chi connectivity index (χ1v) is 11.4. The lowest BCUT2D eigenvalue weighted by atomic mass is 10.1. The summed E-state index contributed by atoms with van der Waals surface area (Å²) in [6.45, 7) is 4.60. The number of fused-ring (bicyclic) bond motifs is 2. The molecule has 0 unspecified atom stereocenters. The lowest BCUT2D eigenvalue weighted by molar-refractivity contribution is 0.247. The fourth-order valence-electron chi connectivity index (χ4n) is 4.53. The Bertz CT molecular complexity index is 1430. The average molecular weight is 456 g/mol. The van der Waals surface area contributed by atoms with Gasteiger partial charge in [0, 0.05) is 66.6 Å². The van der Waals surface area contributed by atoms with Crippen molar-refractivity contribution in [2.45, 2.75) is 6.54 Å². The summed E-state index contributed by atoms with van der Waals surface area (Å²) >= 11 is 6.15. The minimum atomic E-state index is 0.713. The van der Waals surface area contributed by atoms with E-state index in [-0.39, 0.29) is 0 Å². The largest absolute Gasteiger partial charge is 0.368 e. The van der Waals surface area contributed by atoms with E-state index in [0.717, 1.165) is 65.9 Å². The molecule has 1 aliphatic rings. The molecule has 0 bridgehead atoms. The third kappa shape index (κ3) is 3.90. The maximum absolute atomic E-state index is 6.15. The van der Waals surface area contributed by atoms with Crippen molar-refractivity contribution < 1.29 is 0 Å². The van der Waals surface area contributed by atoms with Crippen molar-refractivity contribution in [2.24, 2.45) is 0 Å². The molecule has 3 aromatic heterocycles. The van der Waals surface area contributed by atoms with Crippen LogP contribution in [0.5, 0.6) is 0 Å². The van der Waals surface area contributed by atoms with Crippen molar-refractivity contribution in [1.29, 1.82) is 0 Å². The van der Waals surface area contributed by atoms with E-state index in [1.54, 1.807) is 0 Å². The number of rotatable bonds is 4. The highest BCUT2D eigenvalue weighted by Crippen LogP contribution is 2.28. The SMILES string of the molecule is Clc1ccc2c(N3CCN(Cc4cn(-c5ccnc6ccccc56)nn4)CC3)ccnc2c1. The first-order valence-electron chi connectivity index (χ1n) is 11.0. The number of anilines is 1. The van der Waals surface area contributed by atoms with Crippen LogP contribution in [0.3, 0.4) is 0 Å². The Hall–Kier alpha value is -3.55. The molecule has 8 heteroatoms. The van der Waals surface area contributed by atoms with E-state index >= 15 is 0 Å². The van der Waals surface area contributed by atoms with Gasteiger partial charge in [-0.25, -0.2) is 4.68 Å². The normalized spacial score (nSPS) is 14.9. The molecule has 2 aromatic carbocycles. The molecule has 0 amide bonds. The van der Waals surface area contributed by atoms with Crippen LogP contribution in [-0.4, -0.2) is 56.0 Å². The molecule has 0 aliphatic carbocycles. The van der Waals surface area contributed by atoms with Crippen molar-refractivity contribution in [2.75, 3.05) is 31.1 Å². The minimum absolute atomic E-state index is 0.713. The van der Waals surface area contributed by atoms with Crippen LogP contribution >= 0.6 is 11.6 Å². The van der Waals surface area contributed by atoms with Crippen molar-refractivity contribution in [3.63, 3.8) is 0 Å². The second-order valence-corrected chi connectivity index (χ2v) is 8.69. The van der Waals surface area contributed by atoms with Crippen LogP contribution in [-0.2, 0) is 6.54 Å².